The van der Waals surface area contributed by atoms with E-state index in [1.165, 1.54) is 35.7 Å². The number of oxime groups is 1. The van der Waals surface area contributed by atoms with Crippen LogP contribution in [0, 0.1) is 0 Å². The minimum absolute atomic E-state index is 0.0564. The third-order valence-electron chi connectivity index (χ3n) is 12.3. The Morgan fingerprint density at radius 3 is 1.95 bits per heavy atom. The molecule has 22 heteroatoms. The van der Waals surface area contributed by atoms with Gasteiger partial charge in [-0.15, -0.1) is 16.9 Å². The Hall–Kier alpha value is -8.15. The fourth-order valence-electron chi connectivity index (χ4n) is 8.83. The number of amides is 3. The fraction of sp³-hybridized carbons (Fsp3) is 0.214. The molecule has 3 amide bonds. The summed E-state index contributed by atoms with van der Waals surface area (Å²) < 4.78 is 14.4. The third-order valence-corrected chi connectivity index (χ3v) is 15.1. The standard InChI is InChI=1S/C56H54N10O9S3/c1-55(2,3)75-54(72)57-31-32-64-50(70)48(68)59-60-53(64)76-33-30-38-34-77-51-44(49(69)65(51)45(38)52(71)74-46(36-20-10-5-11-21-36)37-22-12-6-13-23-37)58-47(67)43(62-73-4)42-35-78-66(61-42)63-56(39-24-14-7-15-25-39,40-26-16-8-17-27-40)41-28-18-9-19-29-41/h5-30,33,35,44,46,51,61,63H,31-32,34H2,1-4H3,(H,57,72)(H,58,67)(H,59,68). The van der Waals surface area contributed by atoms with Crippen LogP contribution in [-0.2, 0) is 40.8 Å². The van der Waals surface area contributed by atoms with Gasteiger partial charge in [-0.2, -0.15) is 0 Å². The van der Waals surface area contributed by atoms with Gasteiger partial charge in [0.1, 0.15) is 35.4 Å². The molecule has 78 heavy (non-hydrogen) atoms. The van der Waals surface area contributed by atoms with E-state index in [1.54, 1.807) is 42.2 Å². The average molecular weight is 1110 g/mol. The first-order valence-electron chi connectivity index (χ1n) is 24.5. The minimum Gasteiger partial charge on any atom is -0.448 e. The molecule has 3 aliphatic rings. The van der Waals surface area contributed by atoms with Crippen LogP contribution in [0.4, 0.5) is 4.79 Å². The fourth-order valence-corrected chi connectivity index (χ4v) is 11.6. The second-order valence-corrected chi connectivity index (χ2v) is 21.4. The molecule has 0 saturated carbocycles. The van der Waals surface area contributed by atoms with Crippen LogP contribution in [0.15, 0.2) is 205 Å². The number of ether oxygens (including phenoxy) is 2. The van der Waals surface area contributed by atoms with E-state index in [4.69, 9.17) is 14.3 Å². The Bertz CT molecular complexity index is 3260. The van der Waals surface area contributed by atoms with Gasteiger partial charge in [0.15, 0.2) is 17.0 Å². The molecule has 0 aliphatic carbocycles. The number of H-pyrrole nitrogens is 1. The van der Waals surface area contributed by atoms with Gasteiger partial charge in [0.25, 0.3) is 11.8 Å². The van der Waals surface area contributed by atoms with E-state index in [1.807, 2.05) is 152 Å². The van der Waals surface area contributed by atoms with Gasteiger partial charge in [-0.05, 0) is 77.6 Å². The number of alkyl carbamates (subject to hydrolysis) is 1. The van der Waals surface area contributed by atoms with E-state index in [2.05, 4.69) is 36.8 Å². The van der Waals surface area contributed by atoms with Crippen molar-refractivity contribution < 1.29 is 33.5 Å². The number of benzene rings is 5. The monoisotopic (exact) mass is 1110 g/mol. The summed E-state index contributed by atoms with van der Waals surface area (Å²) in [6, 6.07) is 47.3. The second-order valence-electron chi connectivity index (χ2n) is 18.6. The first kappa shape index (κ1) is 54.6. The smallest absolute Gasteiger partial charge is 0.407 e. The lowest BCUT2D eigenvalue weighted by atomic mass is 9.77. The number of hydrazine groups is 2. The zero-order chi connectivity index (χ0) is 54.8. The Labute approximate surface area is 461 Å². The number of carbonyl (C=O) groups excluding carboxylic acids is 4. The Kier molecular flexibility index (Phi) is 17.1. The van der Waals surface area contributed by atoms with Crippen molar-refractivity contribution >= 4 is 65.1 Å². The van der Waals surface area contributed by atoms with Crippen LogP contribution in [0.5, 0.6) is 0 Å². The van der Waals surface area contributed by atoms with Crippen molar-refractivity contribution in [1.82, 2.24) is 45.7 Å². The van der Waals surface area contributed by atoms with Crippen LogP contribution in [0.25, 0.3) is 0 Å². The van der Waals surface area contributed by atoms with Gasteiger partial charge in [0, 0.05) is 24.3 Å². The second kappa shape index (κ2) is 24.5. The van der Waals surface area contributed by atoms with Crippen molar-refractivity contribution in [3.63, 3.8) is 0 Å². The van der Waals surface area contributed by atoms with Gasteiger partial charge >= 0.3 is 23.2 Å². The Balaban J connectivity index is 0.963. The topological polar surface area (TPSA) is 231 Å². The first-order valence-corrected chi connectivity index (χ1v) is 27.3. The normalized spacial score (nSPS) is 16.7. The molecule has 3 aliphatic heterocycles. The number of nitrogens with zero attached hydrogens (tertiary/aromatic N) is 5. The number of hydrogen-bond donors (Lipinski definition) is 5. The van der Waals surface area contributed by atoms with Crippen molar-refractivity contribution in [2.45, 2.75) is 61.1 Å². The lowest BCUT2D eigenvalue weighted by molar-refractivity contribution is -0.154. The van der Waals surface area contributed by atoms with Crippen LogP contribution < -0.4 is 32.6 Å². The number of aromatic nitrogens is 3. The van der Waals surface area contributed by atoms with Crippen molar-refractivity contribution in [2.75, 3.05) is 19.4 Å². The van der Waals surface area contributed by atoms with E-state index in [9.17, 15) is 28.8 Å². The van der Waals surface area contributed by atoms with E-state index in [-0.39, 0.29) is 41.1 Å². The summed E-state index contributed by atoms with van der Waals surface area (Å²) in [4.78, 5) is 88.1. The number of fused-ring (bicyclic) bond motifs is 1. The van der Waals surface area contributed by atoms with E-state index >= 15 is 0 Å². The summed E-state index contributed by atoms with van der Waals surface area (Å²) in [5.41, 5.74) is 8.10. The zero-order valence-electron chi connectivity index (χ0n) is 42.7. The summed E-state index contributed by atoms with van der Waals surface area (Å²) in [7, 11) is 1.31. The van der Waals surface area contributed by atoms with E-state index in [0.717, 1.165) is 33.0 Å². The minimum atomic E-state index is -1.11. The lowest BCUT2D eigenvalue weighted by Gasteiger charge is -2.49. The van der Waals surface area contributed by atoms with Crippen LogP contribution in [0.3, 0.4) is 0 Å². The number of rotatable bonds is 19. The van der Waals surface area contributed by atoms with Gasteiger partial charge < -0.3 is 24.9 Å². The SMILES string of the molecule is CON=C(C(=O)NC1C(=O)N2C(C(=O)OC(c3ccccc3)c3ccccc3)=C(C=CSc3n[nH]c(=O)c(=O)n3CCNC(=O)OC(C)(C)C)CSC12)C1=CSN(NC(c2ccccc2)(c2ccccc2)c2ccccc2)N1. The van der Waals surface area contributed by atoms with Gasteiger partial charge in [-0.25, -0.2) is 20.1 Å². The summed E-state index contributed by atoms with van der Waals surface area (Å²) in [6.45, 7) is 4.97. The molecule has 400 valence electrons. The number of carbonyl (C=O) groups is 4. The Morgan fingerprint density at radius 2 is 1.40 bits per heavy atom. The summed E-state index contributed by atoms with van der Waals surface area (Å²) in [5, 5.41) is 18.4. The number of thioether (sulfide) groups is 2. The molecule has 19 nitrogen and oxygen atoms in total. The highest BCUT2D eigenvalue weighted by atomic mass is 32.2. The lowest BCUT2D eigenvalue weighted by Crippen LogP contribution is -2.71. The molecular formula is C56H54N10O9S3. The molecule has 0 spiro atoms. The maximum Gasteiger partial charge on any atom is 0.407 e. The first-order chi connectivity index (χ1) is 37.8. The highest BCUT2D eigenvalue weighted by Crippen LogP contribution is 2.43. The molecule has 5 N–H and O–H groups in total. The van der Waals surface area contributed by atoms with Gasteiger partial charge in [0.2, 0.25) is 0 Å². The Morgan fingerprint density at radius 1 is 0.833 bits per heavy atom. The number of β-lactam (4-membered cyclic amide) rings is 1. The van der Waals surface area contributed by atoms with Crippen molar-refractivity contribution in [3.05, 3.63) is 234 Å². The molecule has 1 saturated heterocycles. The number of allylic oxidation sites excluding steroid dienone is 1. The number of nitrogens with one attached hydrogen (secondary N) is 5. The highest BCUT2D eigenvalue weighted by molar-refractivity contribution is 8.02. The number of hydrogen-bond acceptors (Lipinski definition) is 17. The molecule has 0 bridgehead atoms. The maximum absolute atomic E-state index is 14.8. The molecule has 1 fully saturated rings. The van der Waals surface area contributed by atoms with E-state index < -0.39 is 63.7 Å². The van der Waals surface area contributed by atoms with E-state index in [0.29, 0.717) is 16.7 Å². The summed E-state index contributed by atoms with van der Waals surface area (Å²) in [6.07, 6.45) is 0.0301. The third kappa shape index (κ3) is 12.2. The molecular weight excluding hydrogens is 1050 g/mol. The average Bonchev–Trinajstić information content (AvgIpc) is 3.99. The largest absolute Gasteiger partial charge is 0.448 e. The molecule has 5 aromatic carbocycles. The molecule has 4 heterocycles. The van der Waals surface area contributed by atoms with Gasteiger partial charge in [0.05, 0.1) is 5.70 Å². The van der Waals surface area contributed by atoms with Crippen LogP contribution in [-0.4, -0.2) is 90.2 Å². The predicted molar refractivity (Wildman–Crippen MR) is 299 cm³/mol. The highest BCUT2D eigenvalue weighted by Gasteiger charge is 2.55. The zero-order valence-corrected chi connectivity index (χ0v) is 45.1. The molecule has 0 radical (unpaired) electrons. The predicted octanol–water partition coefficient (Wildman–Crippen LogP) is 6.86. The van der Waals surface area contributed by atoms with Crippen LogP contribution >= 0.6 is 35.5 Å². The molecule has 2 atom stereocenters. The molecule has 6 aromatic rings. The summed E-state index contributed by atoms with van der Waals surface area (Å²) in [5.74, 6) is -1.94. The van der Waals surface area contributed by atoms with Crippen molar-refractivity contribution in [2.24, 2.45) is 5.16 Å². The number of esters is 1. The quantitative estimate of drug-likeness (QED) is 0.00816. The maximum atomic E-state index is 14.8. The van der Waals surface area contributed by atoms with Crippen LogP contribution in [0.2, 0.25) is 0 Å². The van der Waals surface area contributed by atoms with Crippen molar-refractivity contribution in [3.8, 4) is 0 Å². The van der Waals surface area contributed by atoms with Gasteiger partial charge in [-0.3, -0.25) is 34.1 Å². The molecule has 1 aromatic heterocycles. The molecule has 9 rings (SSSR count). The van der Waals surface area contributed by atoms with Crippen molar-refractivity contribution in [1.29, 1.82) is 0 Å². The molecule has 2 unspecified atom stereocenters. The van der Waals surface area contributed by atoms with Crippen LogP contribution in [0.1, 0.15) is 54.7 Å². The van der Waals surface area contributed by atoms with Gasteiger partial charge in [-0.1, -0.05) is 173 Å². The summed E-state index contributed by atoms with van der Waals surface area (Å²) >= 11 is 3.50. The number of aromatic amines is 1.